The first-order valence-electron chi connectivity index (χ1n) is 6.64. The molecular formula is C13H26N4O2. The Bertz CT molecular complexity index is 350. The Morgan fingerprint density at radius 3 is 1.95 bits per heavy atom. The van der Waals surface area contributed by atoms with Gasteiger partial charge in [-0.3, -0.25) is 14.6 Å². The van der Waals surface area contributed by atoms with Crippen LogP contribution < -0.4 is 16.1 Å². The van der Waals surface area contributed by atoms with E-state index in [0.717, 1.165) is 12.8 Å². The van der Waals surface area contributed by atoms with Gasteiger partial charge in [-0.05, 0) is 40.5 Å². The molecule has 0 aromatic carbocycles. The van der Waals surface area contributed by atoms with Crippen molar-refractivity contribution < 1.29 is 9.59 Å². The number of rotatable bonds is 2. The summed E-state index contributed by atoms with van der Waals surface area (Å²) in [5.74, 6) is -1.13. The van der Waals surface area contributed by atoms with Gasteiger partial charge in [0.25, 0.3) is 0 Å². The van der Waals surface area contributed by atoms with Crippen LogP contribution in [0.4, 0.5) is 0 Å². The Morgan fingerprint density at radius 2 is 1.58 bits per heavy atom. The van der Waals surface area contributed by atoms with E-state index in [2.05, 4.69) is 43.8 Å². The molecular weight excluding hydrogens is 244 g/mol. The van der Waals surface area contributed by atoms with Gasteiger partial charge < -0.3 is 10.6 Å². The van der Waals surface area contributed by atoms with Gasteiger partial charge in [0, 0.05) is 25.2 Å². The quantitative estimate of drug-likeness (QED) is 0.488. The van der Waals surface area contributed by atoms with Crippen LogP contribution in [0.5, 0.6) is 0 Å². The van der Waals surface area contributed by atoms with E-state index in [1.165, 1.54) is 12.1 Å². The van der Waals surface area contributed by atoms with E-state index in [0.29, 0.717) is 0 Å². The van der Waals surface area contributed by atoms with E-state index in [-0.39, 0.29) is 17.1 Å². The number of carbonyl (C=O) groups is 2. The molecule has 0 saturated carbocycles. The van der Waals surface area contributed by atoms with Crippen molar-refractivity contribution in [2.24, 2.45) is 0 Å². The van der Waals surface area contributed by atoms with E-state index in [1.54, 1.807) is 7.05 Å². The van der Waals surface area contributed by atoms with E-state index >= 15 is 0 Å². The van der Waals surface area contributed by atoms with Gasteiger partial charge in [0.05, 0.1) is 6.04 Å². The Hall–Kier alpha value is -1.14. The SMILES string of the molecule is CNC(=O)C(=O)N(NC)C1CC(C)(C)NC(C)(C)C1. The zero-order valence-electron chi connectivity index (χ0n) is 12.8. The molecule has 0 aliphatic carbocycles. The Morgan fingerprint density at radius 1 is 1.11 bits per heavy atom. The number of hydrogen-bond donors (Lipinski definition) is 3. The van der Waals surface area contributed by atoms with E-state index < -0.39 is 11.8 Å². The highest BCUT2D eigenvalue weighted by molar-refractivity contribution is 6.34. The van der Waals surface area contributed by atoms with Gasteiger partial charge in [-0.25, -0.2) is 5.43 Å². The smallest absolute Gasteiger partial charge is 0.326 e. The molecule has 0 aromatic heterocycles. The molecule has 2 amide bonds. The summed E-state index contributed by atoms with van der Waals surface area (Å²) < 4.78 is 0. The highest BCUT2D eigenvalue weighted by atomic mass is 16.2. The first-order chi connectivity index (χ1) is 8.62. The minimum Gasteiger partial charge on any atom is -0.351 e. The molecule has 1 aliphatic rings. The van der Waals surface area contributed by atoms with Gasteiger partial charge in [-0.1, -0.05) is 0 Å². The lowest BCUT2D eigenvalue weighted by atomic mass is 9.79. The minimum atomic E-state index is -0.594. The summed E-state index contributed by atoms with van der Waals surface area (Å²) in [4.78, 5) is 23.6. The Kier molecular flexibility index (Phi) is 4.58. The second kappa shape index (κ2) is 5.46. The number of likely N-dealkylation sites (N-methyl/N-ethyl adjacent to an activating group) is 1. The minimum absolute atomic E-state index is 0.0129. The van der Waals surface area contributed by atoms with Crippen LogP contribution >= 0.6 is 0 Å². The summed E-state index contributed by atoms with van der Waals surface area (Å²) in [5.41, 5.74) is 2.70. The van der Waals surface area contributed by atoms with Crippen LogP contribution in [-0.4, -0.2) is 48.0 Å². The van der Waals surface area contributed by atoms with Crippen molar-refractivity contribution in [1.29, 1.82) is 0 Å². The molecule has 110 valence electrons. The van der Waals surface area contributed by atoms with Crippen molar-refractivity contribution in [3.05, 3.63) is 0 Å². The zero-order chi connectivity index (χ0) is 14.8. The van der Waals surface area contributed by atoms with Gasteiger partial charge in [0.2, 0.25) is 0 Å². The van der Waals surface area contributed by atoms with Crippen LogP contribution in [0.3, 0.4) is 0 Å². The molecule has 1 saturated heterocycles. The van der Waals surface area contributed by atoms with Crippen LogP contribution in [0, 0.1) is 0 Å². The summed E-state index contributed by atoms with van der Waals surface area (Å²) >= 11 is 0. The number of hydrazine groups is 1. The molecule has 1 fully saturated rings. The molecule has 0 aromatic rings. The van der Waals surface area contributed by atoms with Crippen molar-refractivity contribution >= 4 is 11.8 Å². The molecule has 3 N–H and O–H groups in total. The molecule has 19 heavy (non-hydrogen) atoms. The standard InChI is InChI=1S/C13H26N4O2/c1-12(2)7-9(8-13(3,4)16-12)17(15-6)11(19)10(18)14-5/h9,15-16H,7-8H2,1-6H3,(H,14,18). The molecule has 0 unspecified atom stereocenters. The van der Waals surface area contributed by atoms with Crippen LogP contribution in [0.1, 0.15) is 40.5 Å². The number of nitrogens with one attached hydrogen (secondary N) is 3. The van der Waals surface area contributed by atoms with Crippen molar-refractivity contribution in [1.82, 2.24) is 21.1 Å². The molecule has 1 rings (SSSR count). The zero-order valence-corrected chi connectivity index (χ0v) is 12.8. The first-order valence-corrected chi connectivity index (χ1v) is 6.64. The van der Waals surface area contributed by atoms with Gasteiger partial charge in [0.1, 0.15) is 0 Å². The predicted molar refractivity (Wildman–Crippen MR) is 74.3 cm³/mol. The maximum Gasteiger partial charge on any atom is 0.326 e. The molecule has 0 atom stereocenters. The highest BCUT2D eigenvalue weighted by Gasteiger charge is 2.42. The summed E-state index contributed by atoms with van der Waals surface area (Å²) in [5, 5.41) is 7.38. The molecule has 6 nitrogen and oxygen atoms in total. The van der Waals surface area contributed by atoms with Gasteiger partial charge >= 0.3 is 11.8 Å². The van der Waals surface area contributed by atoms with Crippen LogP contribution in [0.25, 0.3) is 0 Å². The number of amides is 2. The fraction of sp³-hybridized carbons (Fsp3) is 0.846. The average Bonchev–Trinajstić information content (AvgIpc) is 2.24. The topological polar surface area (TPSA) is 73.5 Å². The number of carbonyl (C=O) groups excluding carboxylic acids is 2. The van der Waals surface area contributed by atoms with Crippen LogP contribution in [0.15, 0.2) is 0 Å². The fourth-order valence-electron chi connectivity index (χ4n) is 3.12. The van der Waals surface area contributed by atoms with Crippen molar-refractivity contribution in [3.8, 4) is 0 Å². The van der Waals surface area contributed by atoms with Crippen molar-refractivity contribution in [2.45, 2.75) is 57.7 Å². The molecule has 1 heterocycles. The summed E-state index contributed by atoms with van der Waals surface area (Å²) in [6.07, 6.45) is 1.58. The second-order valence-electron chi connectivity index (χ2n) is 6.43. The van der Waals surface area contributed by atoms with Crippen LogP contribution in [0.2, 0.25) is 0 Å². The monoisotopic (exact) mass is 270 g/mol. The van der Waals surface area contributed by atoms with E-state index in [4.69, 9.17) is 0 Å². The lowest BCUT2D eigenvalue weighted by molar-refractivity contribution is -0.151. The third-order valence-electron chi connectivity index (χ3n) is 3.41. The number of nitrogens with zero attached hydrogens (tertiary/aromatic N) is 1. The second-order valence-corrected chi connectivity index (χ2v) is 6.43. The Balaban J connectivity index is 2.92. The summed E-state index contributed by atoms with van der Waals surface area (Å²) in [6.45, 7) is 8.44. The molecule has 0 radical (unpaired) electrons. The molecule has 0 bridgehead atoms. The van der Waals surface area contributed by atoms with E-state index in [9.17, 15) is 9.59 Å². The van der Waals surface area contributed by atoms with Crippen LogP contribution in [-0.2, 0) is 9.59 Å². The average molecular weight is 270 g/mol. The lowest BCUT2D eigenvalue weighted by Crippen LogP contribution is -2.65. The number of hydrogen-bond acceptors (Lipinski definition) is 4. The third kappa shape index (κ3) is 3.91. The van der Waals surface area contributed by atoms with Crippen molar-refractivity contribution in [2.75, 3.05) is 14.1 Å². The normalized spacial score (nSPS) is 21.8. The molecule has 1 aliphatic heterocycles. The van der Waals surface area contributed by atoms with Crippen molar-refractivity contribution in [3.63, 3.8) is 0 Å². The maximum absolute atomic E-state index is 12.1. The molecule has 6 heteroatoms. The lowest BCUT2D eigenvalue weighted by Gasteiger charge is -2.49. The van der Waals surface area contributed by atoms with E-state index in [1.807, 2.05) is 0 Å². The maximum atomic E-state index is 12.1. The van der Waals surface area contributed by atoms with Gasteiger partial charge in [-0.15, -0.1) is 0 Å². The predicted octanol–water partition coefficient (Wildman–Crippen LogP) is 0.00460. The fourth-order valence-corrected chi connectivity index (χ4v) is 3.12. The number of piperidine rings is 1. The molecule has 0 spiro atoms. The Labute approximate surface area is 115 Å². The first kappa shape index (κ1) is 15.9. The largest absolute Gasteiger partial charge is 0.351 e. The summed E-state index contributed by atoms with van der Waals surface area (Å²) in [7, 11) is 3.13. The summed E-state index contributed by atoms with van der Waals surface area (Å²) in [6, 6.07) is -0.0129. The van der Waals surface area contributed by atoms with Gasteiger partial charge in [-0.2, -0.15) is 0 Å². The third-order valence-corrected chi connectivity index (χ3v) is 3.41. The van der Waals surface area contributed by atoms with Gasteiger partial charge in [0.15, 0.2) is 0 Å². The highest BCUT2D eigenvalue weighted by Crippen LogP contribution is 2.30.